The van der Waals surface area contributed by atoms with Crippen LogP contribution in [-0.4, -0.2) is 39.9 Å². The highest BCUT2D eigenvalue weighted by molar-refractivity contribution is 9.10. The van der Waals surface area contributed by atoms with Crippen molar-refractivity contribution in [1.82, 2.24) is 14.7 Å². The van der Waals surface area contributed by atoms with Crippen LogP contribution in [0.1, 0.15) is 44.0 Å². The molecule has 2 fully saturated rings. The van der Waals surface area contributed by atoms with Gasteiger partial charge in [0.2, 0.25) is 0 Å². The Morgan fingerprint density at radius 2 is 1.95 bits per heavy atom. The van der Waals surface area contributed by atoms with E-state index in [9.17, 15) is 0 Å². The summed E-state index contributed by atoms with van der Waals surface area (Å²) in [5.74, 6) is 0.658. The molecule has 0 radical (unpaired) electrons. The molecule has 118 valence electrons. The molecule has 0 aliphatic carbocycles. The first kappa shape index (κ1) is 15.5. The highest BCUT2D eigenvalue weighted by Gasteiger charge is 2.40. The van der Waals surface area contributed by atoms with Crippen molar-refractivity contribution >= 4 is 15.9 Å². The summed E-state index contributed by atoms with van der Waals surface area (Å²) in [5.41, 5.74) is 8.94. The second kappa shape index (κ2) is 6.01. The molecule has 0 spiro atoms. The minimum Gasteiger partial charge on any atom is -0.327 e. The van der Waals surface area contributed by atoms with Crippen molar-refractivity contribution in [2.75, 3.05) is 7.05 Å². The molecular formula is C16H27BrN4. The zero-order chi connectivity index (χ0) is 15.1. The third kappa shape index (κ3) is 2.80. The van der Waals surface area contributed by atoms with Crippen molar-refractivity contribution in [2.45, 2.75) is 70.6 Å². The standard InChI is InChI=1S/C16H27BrN4/c1-4-21-15(16(17)10(2)19-21)9-14(18)11-7-12-5-6-13(8-11)20(12)3/h11-14H,4-9,18H2,1-3H3. The molecule has 21 heavy (non-hydrogen) atoms. The van der Waals surface area contributed by atoms with Gasteiger partial charge in [-0.15, -0.1) is 0 Å². The summed E-state index contributed by atoms with van der Waals surface area (Å²) >= 11 is 3.69. The summed E-state index contributed by atoms with van der Waals surface area (Å²) in [6.07, 6.45) is 6.19. The second-order valence-electron chi connectivity index (χ2n) is 6.81. The number of aromatic nitrogens is 2. The number of fused-ring (bicyclic) bond motifs is 2. The Morgan fingerprint density at radius 3 is 2.52 bits per heavy atom. The van der Waals surface area contributed by atoms with E-state index < -0.39 is 0 Å². The van der Waals surface area contributed by atoms with Crippen LogP contribution in [0, 0.1) is 12.8 Å². The summed E-state index contributed by atoms with van der Waals surface area (Å²) in [6, 6.07) is 1.78. The fourth-order valence-electron chi connectivity index (χ4n) is 4.26. The Kier molecular flexibility index (Phi) is 4.44. The molecule has 3 rings (SSSR count). The fraction of sp³-hybridized carbons (Fsp3) is 0.812. The molecular weight excluding hydrogens is 328 g/mol. The summed E-state index contributed by atoms with van der Waals surface area (Å²) in [5, 5.41) is 4.59. The van der Waals surface area contributed by atoms with Gasteiger partial charge in [-0.2, -0.15) is 5.10 Å². The van der Waals surface area contributed by atoms with Crippen LogP contribution in [-0.2, 0) is 13.0 Å². The van der Waals surface area contributed by atoms with Crippen LogP contribution in [0.5, 0.6) is 0 Å². The van der Waals surface area contributed by atoms with Gasteiger partial charge in [-0.25, -0.2) is 0 Å². The quantitative estimate of drug-likeness (QED) is 0.903. The summed E-state index contributed by atoms with van der Waals surface area (Å²) in [6.45, 7) is 5.11. The van der Waals surface area contributed by atoms with Gasteiger partial charge in [-0.3, -0.25) is 4.68 Å². The third-order valence-corrected chi connectivity index (χ3v) is 6.65. The van der Waals surface area contributed by atoms with Gasteiger partial charge in [0.1, 0.15) is 0 Å². The van der Waals surface area contributed by atoms with Crippen molar-refractivity contribution in [3.63, 3.8) is 0 Å². The molecule has 0 amide bonds. The summed E-state index contributed by atoms with van der Waals surface area (Å²) in [7, 11) is 2.29. The van der Waals surface area contributed by atoms with E-state index in [1.807, 2.05) is 0 Å². The van der Waals surface area contributed by atoms with E-state index in [0.29, 0.717) is 5.92 Å². The van der Waals surface area contributed by atoms with Gasteiger partial charge in [-0.05, 0) is 68.4 Å². The van der Waals surface area contributed by atoms with Crippen LogP contribution in [0.15, 0.2) is 4.47 Å². The maximum atomic E-state index is 6.60. The number of hydrogen-bond acceptors (Lipinski definition) is 3. The Bertz CT molecular complexity index is 499. The average molecular weight is 355 g/mol. The van der Waals surface area contributed by atoms with Crippen LogP contribution in [0.25, 0.3) is 0 Å². The largest absolute Gasteiger partial charge is 0.327 e. The van der Waals surface area contributed by atoms with Gasteiger partial charge in [-0.1, -0.05) is 0 Å². The number of nitrogens with two attached hydrogens (primary N) is 1. The molecule has 1 aromatic rings. The first-order valence-corrected chi connectivity index (χ1v) is 8.99. The predicted molar refractivity (Wildman–Crippen MR) is 89.3 cm³/mol. The Hall–Kier alpha value is -0.390. The molecule has 3 heterocycles. The number of piperidine rings is 1. The number of hydrogen-bond donors (Lipinski definition) is 1. The van der Waals surface area contributed by atoms with E-state index >= 15 is 0 Å². The van der Waals surface area contributed by atoms with Crippen LogP contribution >= 0.6 is 15.9 Å². The smallest absolute Gasteiger partial charge is 0.0738 e. The van der Waals surface area contributed by atoms with Gasteiger partial charge in [0.05, 0.1) is 15.9 Å². The minimum atomic E-state index is 0.250. The molecule has 2 bridgehead atoms. The lowest BCUT2D eigenvalue weighted by Crippen LogP contribution is -2.46. The molecule has 5 heteroatoms. The van der Waals surface area contributed by atoms with Crippen molar-refractivity contribution in [1.29, 1.82) is 0 Å². The van der Waals surface area contributed by atoms with Crippen molar-refractivity contribution < 1.29 is 0 Å². The van der Waals surface area contributed by atoms with Crippen LogP contribution < -0.4 is 5.73 Å². The number of rotatable bonds is 4. The van der Waals surface area contributed by atoms with Crippen molar-refractivity contribution in [3.8, 4) is 0 Å². The maximum Gasteiger partial charge on any atom is 0.0738 e. The van der Waals surface area contributed by atoms with Crippen molar-refractivity contribution in [3.05, 3.63) is 15.9 Å². The topological polar surface area (TPSA) is 47.1 Å². The number of nitrogens with zero attached hydrogens (tertiary/aromatic N) is 3. The lowest BCUT2D eigenvalue weighted by Gasteiger charge is -2.38. The zero-order valence-electron chi connectivity index (χ0n) is 13.3. The summed E-state index contributed by atoms with van der Waals surface area (Å²) < 4.78 is 3.25. The monoisotopic (exact) mass is 354 g/mol. The third-order valence-electron chi connectivity index (χ3n) is 5.62. The Labute approximate surface area is 136 Å². The first-order valence-electron chi connectivity index (χ1n) is 8.20. The number of halogens is 1. The minimum absolute atomic E-state index is 0.250. The highest BCUT2D eigenvalue weighted by Crippen LogP contribution is 2.39. The van der Waals surface area contributed by atoms with E-state index in [2.05, 4.69) is 51.5 Å². The molecule has 3 atom stereocenters. The van der Waals surface area contributed by atoms with E-state index in [0.717, 1.165) is 35.2 Å². The predicted octanol–water partition coefficient (Wildman–Crippen LogP) is 2.72. The highest BCUT2D eigenvalue weighted by atomic mass is 79.9. The molecule has 4 nitrogen and oxygen atoms in total. The van der Waals surface area contributed by atoms with Crippen LogP contribution in [0.3, 0.4) is 0 Å². The second-order valence-corrected chi connectivity index (χ2v) is 7.60. The molecule has 2 aliphatic rings. The summed E-state index contributed by atoms with van der Waals surface area (Å²) in [4.78, 5) is 2.58. The number of aryl methyl sites for hydroxylation is 2. The van der Waals surface area contributed by atoms with Gasteiger partial charge in [0.25, 0.3) is 0 Å². The van der Waals surface area contributed by atoms with E-state index in [4.69, 9.17) is 5.73 Å². The van der Waals surface area contributed by atoms with E-state index in [-0.39, 0.29) is 6.04 Å². The van der Waals surface area contributed by atoms with Crippen molar-refractivity contribution in [2.24, 2.45) is 11.7 Å². The molecule has 2 saturated heterocycles. The molecule has 3 unspecified atom stereocenters. The van der Waals surface area contributed by atoms with E-state index in [1.165, 1.54) is 31.4 Å². The first-order chi connectivity index (χ1) is 10.0. The van der Waals surface area contributed by atoms with E-state index in [1.54, 1.807) is 0 Å². The molecule has 0 aromatic carbocycles. The molecule has 1 aromatic heterocycles. The van der Waals surface area contributed by atoms with Gasteiger partial charge in [0, 0.05) is 31.1 Å². The van der Waals surface area contributed by atoms with Crippen LogP contribution in [0.4, 0.5) is 0 Å². The molecule has 2 N–H and O–H groups in total. The van der Waals surface area contributed by atoms with Gasteiger partial charge < -0.3 is 10.6 Å². The molecule has 2 aliphatic heterocycles. The SMILES string of the molecule is CCn1nc(C)c(Br)c1CC(N)C1CC2CCC(C1)N2C. The average Bonchev–Trinajstić information content (AvgIpc) is 2.85. The lowest BCUT2D eigenvalue weighted by atomic mass is 9.83. The maximum absolute atomic E-state index is 6.60. The lowest BCUT2D eigenvalue weighted by molar-refractivity contribution is 0.120. The molecule has 0 saturated carbocycles. The van der Waals surface area contributed by atoms with Crippen LogP contribution in [0.2, 0.25) is 0 Å². The normalized spacial score (nSPS) is 30.8. The fourth-order valence-corrected chi connectivity index (χ4v) is 4.70. The van der Waals surface area contributed by atoms with Gasteiger partial charge in [0.15, 0.2) is 0 Å². The Morgan fingerprint density at radius 1 is 1.33 bits per heavy atom. The Balaban J connectivity index is 1.71. The zero-order valence-corrected chi connectivity index (χ0v) is 14.9. The van der Waals surface area contributed by atoms with Gasteiger partial charge >= 0.3 is 0 Å².